The molecule has 1 N–H and O–H groups in total. The van der Waals surface area contributed by atoms with E-state index >= 15 is 0 Å². The smallest absolute Gasteiger partial charge is 0.134 e. The van der Waals surface area contributed by atoms with Gasteiger partial charge in [-0.2, -0.15) is 0 Å². The van der Waals surface area contributed by atoms with Crippen LogP contribution >= 0.6 is 0 Å². The number of hydrogen-bond acceptors (Lipinski definition) is 3. The molecule has 2 aliphatic rings. The summed E-state index contributed by atoms with van der Waals surface area (Å²) in [5.74, 6) is 1.89. The molecule has 0 aliphatic carbocycles. The maximum atomic E-state index is 5.98. The molecule has 4 unspecified atom stereocenters. The van der Waals surface area contributed by atoms with Crippen molar-refractivity contribution >= 4 is 11.0 Å². The first-order valence-corrected chi connectivity index (χ1v) is 7.76. The first kappa shape index (κ1) is 12.4. The summed E-state index contributed by atoms with van der Waals surface area (Å²) in [5.41, 5.74) is 0.992. The minimum atomic E-state index is 0.291. The first-order valence-electron chi connectivity index (χ1n) is 7.76. The molecule has 0 amide bonds. The Balaban J connectivity index is 1.50. The molecule has 0 saturated carbocycles. The Morgan fingerprint density at radius 2 is 2.10 bits per heavy atom. The highest BCUT2D eigenvalue weighted by Crippen LogP contribution is 2.30. The molecule has 2 saturated heterocycles. The third-order valence-corrected chi connectivity index (χ3v) is 4.97. The standard InChI is InChI=1S/C17H22N2O/c1-12(17-10-13-4-2-3-5-16(13)20-17)18-15-7-9-19-8-6-14(15)11-19/h2-5,10,12,14-15,18H,6-9,11H2,1H3. The number of furan rings is 1. The van der Waals surface area contributed by atoms with E-state index in [9.17, 15) is 0 Å². The highest BCUT2D eigenvalue weighted by molar-refractivity contribution is 5.77. The van der Waals surface area contributed by atoms with E-state index in [-0.39, 0.29) is 0 Å². The Kier molecular flexibility index (Phi) is 3.04. The number of nitrogens with zero attached hydrogens (tertiary/aromatic N) is 1. The second-order valence-electron chi connectivity index (χ2n) is 6.32. The first-order chi connectivity index (χ1) is 9.79. The minimum Gasteiger partial charge on any atom is -0.459 e. The normalized spacial score (nSPS) is 30.8. The van der Waals surface area contributed by atoms with Crippen LogP contribution in [0.5, 0.6) is 0 Å². The van der Waals surface area contributed by atoms with Gasteiger partial charge in [0.05, 0.1) is 6.04 Å². The number of rotatable bonds is 3. The van der Waals surface area contributed by atoms with Crippen LogP contribution < -0.4 is 5.32 Å². The third kappa shape index (κ3) is 2.15. The quantitative estimate of drug-likeness (QED) is 0.928. The van der Waals surface area contributed by atoms with Crippen LogP contribution in [0.2, 0.25) is 0 Å². The van der Waals surface area contributed by atoms with E-state index in [0.29, 0.717) is 12.1 Å². The Bertz CT molecular complexity index is 573. The van der Waals surface area contributed by atoms with Crippen LogP contribution in [0.15, 0.2) is 34.7 Å². The van der Waals surface area contributed by atoms with Gasteiger partial charge in [0.15, 0.2) is 0 Å². The summed E-state index contributed by atoms with van der Waals surface area (Å²) in [5, 5.41) is 5.00. The molecule has 0 spiro atoms. The fourth-order valence-electron chi connectivity index (χ4n) is 3.79. The Labute approximate surface area is 119 Å². The van der Waals surface area contributed by atoms with Gasteiger partial charge in [0.2, 0.25) is 0 Å². The fourth-order valence-corrected chi connectivity index (χ4v) is 3.79. The van der Waals surface area contributed by atoms with Crippen molar-refractivity contribution in [2.24, 2.45) is 5.92 Å². The molecule has 1 aromatic carbocycles. The van der Waals surface area contributed by atoms with Crippen LogP contribution in [0.3, 0.4) is 0 Å². The zero-order valence-corrected chi connectivity index (χ0v) is 12.0. The van der Waals surface area contributed by atoms with Gasteiger partial charge in [-0.1, -0.05) is 18.2 Å². The largest absolute Gasteiger partial charge is 0.459 e. The van der Waals surface area contributed by atoms with E-state index in [1.807, 2.05) is 12.1 Å². The van der Waals surface area contributed by atoms with E-state index in [4.69, 9.17) is 4.42 Å². The van der Waals surface area contributed by atoms with E-state index in [0.717, 1.165) is 17.3 Å². The van der Waals surface area contributed by atoms with Gasteiger partial charge in [-0.15, -0.1) is 0 Å². The van der Waals surface area contributed by atoms with Gasteiger partial charge in [0, 0.05) is 18.0 Å². The predicted octanol–water partition coefficient (Wildman–Crippen LogP) is 3.18. The number of hydrogen-bond donors (Lipinski definition) is 1. The van der Waals surface area contributed by atoms with Crippen molar-refractivity contribution in [3.63, 3.8) is 0 Å². The molecule has 2 fully saturated rings. The second-order valence-corrected chi connectivity index (χ2v) is 6.32. The lowest BCUT2D eigenvalue weighted by Crippen LogP contribution is -2.44. The van der Waals surface area contributed by atoms with Crippen molar-refractivity contribution in [3.05, 3.63) is 36.1 Å². The molecule has 1 aromatic heterocycles. The third-order valence-electron chi connectivity index (χ3n) is 4.97. The Hall–Kier alpha value is -1.32. The number of benzene rings is 1. The minimum absolute atomic E-state index is 0.291. The summed E-state index contributed by atoms with van der Waals surface area (Å²) in [6, 6.07) is 11.4. The molecule has 2 bridgehead atoms. The summed E-state index contributed by atoms with van der Waals surface area (Å²) in [6.45, 7) is 6.05. The SMILES string of the molecule is CC(NC1CCN2CCC1C2)c1cc2ccccc2o1. The molecule has 3 nitrogen and oxygen atoms in total. The van der Waals surface area contributed by atoms with E-state index in [1.54, 1.807) is 0 Å². The van der Waals surface area contributed by atoms with Gasteiger partial charge in [-0.25, -0.2) is 0 Å². The average Bonchev–Trinajstić information content (AvgIpc) is 3.06. The zero-order chi connectivity index (χ0) is 13.5. The molecule has 0 radical (unpaired) electrons. The highest BCUT2D eigenvalue weighted by Gasteiger charge is 2.34. The maximum Gasteiger partial charge on any atom is 0.134 e. The molecule has 4 rings (SSSR count). The van der Waals surface area contributed by atoms with E-state index in [2.05, 4.69) is 35.3 Å². The van der Waals surface area contributed by atoms with Crippen molar-refractivity contribution in [3.8, 4) is 0 Å². The van der Waals surface area contributed by atoms with E-state index in [1.165, 1.54) is 37.9 Å². The Morgan fingerprint density at radius 3 is 3.00 bits per heavy atom. The van der Waals surface area contributed by atoms with Gasteiger partial charge in [0.1, 0.15) is 11.3 Å². The number of fused-ring (bicyclic) bond motifs is 3. The predicted molar refractivity (Wildman–Crippen MR) is 80.7 cm³/mol. The maximum absolute atomic E-state index is 5.98. The topological polar surface area (TPSA) is 28.4 Å². The van der Waals surface area contributed by atoms with Gasteiger partial charge in [-0.05, 0) is 50.9 Å². The van der Waals surface area contributed by atoms with Crippen LogP contribution in [0.1, 0.15) is 31.6 Å². The molecular formula is C17H22N2O. The summed E-state index contributed by atoms with van der Waals surface area (Å²) >= 11 is 0. The average molecular weight is 270 g/mol. The van der Waals surface area contributed by atoms with Gasteiger partial charge in [-0.3, -0.25) is 0 Å². The molecule has 2 aromatic rings. The highest BCUT2D eigenvalue weighted by atomic mass is 16.3. The fraction of sp³-hybridized carbons (Fsp3) is 0.529. The zero-order valence-electron chi connectivity index (χ0n) is 12.0. The number of para-hydroxylation sites is 1. The molecule has 20 heavy (non-hydrogen) atoms. The van der Waals surface area contributed by atoms with Crippen LogP contribution in [-0.2, 0) is 0 Å². The summed E-state index contributed by atoms with van der Waals surface area (Å²) in [7, 11) is 0. The molecule has 3 heteroatoms. The summed E-state index contributed by atoms with van der Waals surface area (Å²) < 4.78 is 5.98. The lowest BCUT2D eigenvalue weighted by molar-refractivity contribution is 0.208. The van der Waals surface area contributed by atoms with Crippen molar-refractivity contribution in [2.45, 2.75) is 31.8 Å². The lowest BCUT2D eigenvalue weighted by Gasteiger charge is -2.32. The molecule has 4 atom stereocenters. The Morgan fingerprint density at radius 1 is 1.25 bits per heavy atom. The van der Waals surface area contributed by atoms with Crippen molar-refractivity contribution in [1.29, 1.82) is 0 Å². The monoisotopic (exact) mass is 270 g/mol. The van der Waals surface area contributed by atoms with Crippen LogP contribution in [-0.4, -0.2) is 30.6 Å². The van der Waals surface area contributed by atoms with E-state index < -0.39 is 0 Å². The number of nitrogens with one attached hydrogen (secondary N) is 1. The molecule has 3 heterocycles. The van der Waals surface area contributed by atoms with Gasteiger partial charge >= 0.3 is 0 Å². The number of piperidine rings is 1. The second kappa shape index (κ2) is 4.90. The van der Waals surface area contributed by atoms with Crippen molar-refractivity contribution < 1.29 is 4.42 Å². The lowest BCUT2D eigenvalue weighted by atomic mass is 9.93. The van der Waals surface area contributed by atoms with Crippen LogP contribution in [0.25, 0.3) is 11.0 Å². The van der Waals surface area contributed by atoms with Crippen molar-refractivity contribution in [1.82, 2.24) is 10.2 Å². The molecular weight excluding hydrogens is 248 g/mol. The summed E-state index contributed by atoms with van der Waals surface area (Å²) in [4.78, 5) is 2.59. The molecule has 106 valence electrons. The molecule has 2 aliphatic heterocycles. The van der Waals surface area contributed by atoms with Crippen LogP contribution in [0, 0.1) is 5.92 Å². The van der Waals surface area contributed by atoms with Crippen molar-refractivity contribution in [2.75, 3.05) is 19.6 Å². The van der Waals surface area contributed by atoms with Gasteiger partial charge in [0.25, 0.3) is 0 Å². The van der Waals surface area contributed by atoms with Gasteiger partial charge < -0.3 is 14.6 Å². The van der Waals surface area contributed by atoms with Crippen LogP contribution in [0.4, 0.5) is 0 Å². The summed E-state index contributed by atoms with van der Waals surface area (Å²) in [6.07, 6.45) is 2.62.